The fraction of sp³-hybridized carbons (Fsp3) is 0. The Balaban J connectivity index is 1.70. The molecule has 0 N–H and O–H groups in total. The summed E-state index contributed by atoms with van der Waals surface area (Å²) in [7, 11) is 0. The first kappa shape index (κ1) is 17.6. The number of non-ortho nitro benzene ring substituents is 1. The van der Waals surface area contributed by atoms with Gasteiger partial charge < -0.3 is 0 Å². The fourth-order valence-electron chi connectivity index (χ4n) is 2.23. The molecule has 0 saturated carbocycles. The van der Waals surface area contributed by atoms with E-state index >= 15 is 0 Å². The van der Waals surface area contributed by atoms with E-state index in [1.807, 2.05) is 36.4 Å². The molecule has 3 aromatic carbocycles. The number of benzene rings is 3. The van der Waals surface area contributed by atoms with Crippen molar-refractivity contribution in [3.63, 3.8) is 0 Å². The zero-order valence-corrected chi connectivity index (χ0v) is 14.2. The van der Waals surface area contributed by atoms with Crippen LogP contribution in [0.1, 0.15) is 27.8 Å². The molecule has 0 aromatic heterocycles. The van der Waals surface area contributed by atoms with Gasteiger partial charge in [0, 0.05) is 39.9 Å². The highest BCUT2D eigenvalue weighted by Crippen LogP contribution is 2.11. The Morgan fingerprint density at radius 2 is 0.889 bits per heavy atom. The summed E-state index contributed by atoms with van der Waals surface area (Å²) in [4.78, 5) is 10.2. The summed E-state index contributed by atoms with van der Waals surface area (Å²) in [6, 6.07) is 21.0. The first-order valence-electron chi connectivity index (χ1n) is 8.05. The maximum Gasteiger partial charge on any atom is 0.269 e. The van der Waals surface area contributed by atoms with Gasteiger partial charge in [-0.05, 0) is 67.1 Å². The normalized spacial score (nSPS) is 9.15. The fourth-order valence-corrected chi connectivity index (χ4v) is 2.23. The second-order valence-corrected chi connectivity index (χ2v) is 5.58. The monoisotopic (exact) mass is 346 g/mol. The molecule has 0 heterocycles. The summed E-state index contributed by atoms with van der Waals surface area (Å²) < 4.78 is 0. The number of rotatable bonds is 1. The van der Waals surface area contributed by atoms with E-state index in [1.165, 1.54) is 12.1 Å². The molecule has 0 spiro atoms. The Morgan fingerprint density at radius 3 is 1.19 bits per heavy atom. The van der Waals surface area contributed by atoms with Crippen LogP contribution in [0.25, 0.3) is 0 Å². The summed E-state index contributed by atoms with van der Waals surface area (Å²) in [5, 5.41) is 10.6. The van der Waals surface area contributed by atoms with Crippen LogP contribution in [0.2, 0.25) is 0 Å². The SMILES string of the molecule is [C]#Cc1ccc(C#Cc2ccc(C#Cc3ccc([N+](=O)[O-])cc3)cc2)cc1. The van der Waals surface area contributed by atoms with Crippen molar-refractivity contribution in [2.75, 3.05) is 0 Å². The molecule has 1 radical (unpaired) electrons. The van der Waals surface area contributed by atoms with Gasteiger partial charge in [-0.1, -0.05) is 29.6 Å². The van der Waals surface area contributed by atoms with E-state index in [1.54, 1.807) is 24.3 Å². The van der Waals surface area contributed by atoms with E-state index < -0.39 is 4.92 Å². The standard InChI is InChI=1S/C24H12NO2/c1-2-19-3-5-20(6-4-19)7-8-21-9-11-22(12-10-21)13-14-23-15-17-24(18-16-23)25(26)27/h3-6,9-12,15-18H. The Kier molecular flexibility index (Phi) is 5.34. The van der Waals surface area contributed by atoms with E-state index in [0.29, 0.717) is 0 Å². The zero-order chi connectivity index (χ0) is 19.1. The van der Waals surface area contributed by atoms with Gasteiger partial charge in [-0.2, -0.15) is 0 Å². The molecule has 3 nitrogen and oxygen atoms in total. The minimum Gasteiger partial charge on any atom is -0.258 e. The average Bonchev–Trinajstić information content (AvgIpc) is 2.72. The second-order valence-electron chi connectivity index (χ2n) is 5.58. The van der Waals surface area contributed by atoms with Gasteiger partial charge in [0.2, 0.25) is 0 Å². The lowest BCUT2D eigenvalue weighted by Crippen LogP contribution is -1.86. The Hall–Kier alpha value is -4.26. The molecule has 0 unspecified atom stereocenters. The predicted octanol–water partition coefficient (Wildman–Crippen LogP) is 4.33. The van der Waals surface area contributed by atoms with Crippen LogP contribution < -0.4 is 0 Å². The van der Waals surface area contributed by atoms with Gasteiger partial charge in [-0.25, -0.2) is 0 Å². The molecule has 125 valence electrons. The van der Waals surface area contributed by atoms with Crippen molar-refractivity contribution in [1.82, 2.24) is 0 Å². The van der Waals surface area contributed by atoms with Crippen molar-refractivity contribution in [1.29, 1.82) is 0 Å². The van der Waals surface area contributed by atoms with Crippen molar-refractivity contribution in [3.8, 4) is 29.6 Å². The maximum atomic E-state index is 10.6. The Bertz CT molecular complexity index is 1130. The average molecular weight is 346 g/mol. The molecule has 3 heteroatoms. The first-order chi connectivity index (χ1) is 13.1. The van der Waals surface area contributed by atoms with Crippen LogP contribution in [0.15, 0.2) is 72.8 Å². The Labute approximate surface area is 157 Å². The highest BCUT2D eigenvalue weighted by Gasteiger charge is 2.02. The molecule has 0 bridgehead atoms. The topological polar surface area (TPSA) is 43.1 Å². The molecule has 0 saturated heterocycles. The van der Waals surface area contributed by atoms with Gasteiger partial charge in [-0.3, -0.25) is 10.1 Å². The van der Waals surface area contributed by atoms with Gasteiger partial charge in [0.05, 0.1) is 4.92 Å². The zero-order valence-electron chi connectivity index (χ0n) is 14.2. The van der Waals surface area contributed by atoms with E-state index in [9.17, 15) is 10.1 Å². The first-order valence-corrected chi connectivity index (χ1v) is 8.05. The lowest BCUT2D eigenvalue weighted by Gasteiger charge is -1.94. The summed E-state index contributed by atoms with van der Waals surface area (Å²) in [5.74, 6) is 14.5. The highest BCUT2D eigenvalue weighted by atomic mass is 16.6. The van der Waals surface area contributed by atoms with Gasteiger partial charge in [-0.15, -0.1) is 0 Å². The molecule has 0 aliphatic carbocycles. The predicted molar refractivity (Wildman–Crippen MR) is 104 cm³/mol. The van der Waals surface area contributed by atoms with E-state index in [0.717, 1.165) is 27.8 Å². The number of nitro groups is 1. The number of nitro benzene ring substituents is 1. The van der Waals surface area contributed by atoms with Crippen molar-refractivity contribution < 1.29 is 4.92 Å². The number of hydrogen-bond acceptors (Lipinski definition) is 2. The third kappa shape index (κ3) is 4.86. The van der Waals surface area contributed by atoms with Crippen LogP contribution >= 0.6 is 0 Å². The summed E-state index contributed by atoms with van der Waals surface area (Å²) in [6.45, 7) is 0. The van der Waals surface area contributed by atoms with Crippen LogP contribution in [0.5, 0.6) is 0 Å². The minimum atomic E-state index is -0.433. The molecule has 0 fully saturated rings. The van der Waals surface area contributed by atoms with Gasteiger partial charge >= 0.3 is 0 Å². The van der Waals surface area contributed by atoms with Gasteiger partial charge in [0.1, 0.15) is 0 Å². The third-order valence-corrected chi connectivity index (χ3v) is 3.69. The quantitative estimate of drug-likeness (QED) is 0.374. The molecular formula is C24H12NO2. The second kappa shape index (κ2) is 8.21. The molecule has 0 atom stereocenters. The lowest BCUT2D eigenvalue weighted by atomic mass is 10.1. The minimum absolute atomic E-state index is 0.0501. The summed E-state index contributed by atoms with van der Waals surface area (Å²) in [5.41, 5.74) is 4.07. The summed E-state index contributed by atoms with van der Waals surface area (Å²) >= 11 is 0. The Morgan fingerprint density at radius 1 is 0.593 bits per heavy atom. The van der Waals surface area contributed by atoms with Crippen LogP contribution in [0.3, 0.4) is 0 Å². The van der Waals surface area contributed by atoms with E-state index in [-0.39, 0.29) is 5.69 Å². The van der Waals surface area contributed by atoms with Crippen molar-refractivity contribution in [2.45, 2.75) is 0 Å². The van der Waals surface area contributed by atoms with Crippen LogP contribution in [0, 0.1) is 46.1 Å². The lowest BCUT2D eigenvalue weighted by molar-refractivity contribution is -0.384. The molecule has 3 aromatic rings. The molecule has 0 aliphatic heterocycles. The molecule has 27 heavy (non-hydrogen) atoms. The van der Waals surface area contributed by atoms with E-state index in [4.69, 9.17) is 6.42 Å². The van der Waals surface area contributed by atoms with Crippen LogP contribution in [0.4, 0.5) is 5.69 Å². The summed E-state index contributed by atoms with van der Waals surface area (Å²) in [6.07, 6.45) is 7.06. The molecule has 0 aliphatic rings. The van der Waals surface area contributed by atoms with Crippen LogP contribution in [-0.2, 0) is 0 Å². The smallest absolute Gasteiger partial charge is 0.258 e. The number of hydrogen-bond donors (Lipinski definition) is 0. The van der Waals surface area contributed by atoms with Gasteiger partial charge in [0.15, 0.2) is 0 Å². The molecule has 3 rings (SSSR count). The largest absolute Gasteiger partial charge is 0.269 e. The van der Waals surface area contributed by atoms with Crippen molar-refractivity contribution >= 4 is 5.69 Å². The van der Waals surface area contributed by atoms with E-state index in [2.05, 4.69) is 29.6 Å². The number of nitrogens with zero attached hydrogens (tertiary/aromatic N) is 1. The van der Waals surface area contributed by atoms with Gasteiger partial charge in [0.25, 0.3) is 5.69 Å². The van der Waals surface area contributed by atoms with Crippen molar-refractivity contribution in [3.05, 3.63) is 117 Å². The third-order valence-electron chi connectivity index (χ3n) is 3.69. The molecule has 0 amide bonds. The maximum absolute atomic E-state index is 10.6. The van der Waals surface area contributed by atoms with Crippen LogP contribution in [-0.4, -0.2) is 4.92 Å². The molecular weight excluding hydrogens is 334 g/mol. The van der Waals surface area contributed by atoms with Crippen molar-refractivity contribution in [2.24, 2.45) is 0 Å². The highest BCUT2D eigenvalue weighted by molar-refractivity contribution is 5.49.